The molecular weight excluding hydrogens is 286 g/mol. The van der Waals surface area contributed by atoms with E-state index in [1.807, 2.05) is 4.90 Å². The number of carbonyl (C=O) groups is 1. The van der Waals surface area contributed by atoms with Gasteiger partial charge in [-0.2, -0.15) is 0 Å². The molecule has 1 fully saturated rings. The Hall–Kier alpha value is -1.92. The maximum atomic E-state index is 12.3. The van der Waals surface area contributed by atoms with Crippen LogP contribution in [-0.2, 0) is 6.54 Å². The normalized spacial score (nSPS) is 16.1. The molecule has 0 saturated carbocycles. The van der Waals surface area contributed by atoms with Crippen LogP contribution in [0.3, 0.4) is 0 Å². The molecule has 1 amide bonds. The van der Waals surface area contributed by atoms with E-state index in [2.05, 4.69) is 27.4 Å². The fourth-order valence-corrected chi connectivity index (χ4v) is 3.24. The molecule has 0 spiro atoms. The van der Waals surface area contributed by atoms with Crippen LogP contribution in [0.1, 0.15) is 15.2 Å². The summed E-state index contributed by atoms with van der Waals surface area (Å²) in [5, 5.41) is 2.09. The number of amides is 1. The van der Waals surface area contributed by atoms with E-state index in [4.69, 9.17) is 0 Å². The van der Waals surface area contributed by atoms with Crippen LogP contribution in [0, 0.1) is 0 Å². The van der Waals surface area contributed by atoms with Crippen LogP contribution < -0.4 is 5.56 Å². The first-order chi connectivity index (χ1) is 10.2. The van der Waals surface area contributed by atoms with E-state index in [1.165, 1.54) is 17.1 Å². The van der Waals surface area contributed by atoms with Crippen LogP contribution in [0.15, 0.2) is 40.6 Å². The second kappa shape index (κ2) is 6.24. The summed E-state index contributed by atoms with van der Waals surface area (Å²) < 4.78 is 0. The topological polar surface area (TPSA) is 56.4 Å². The van der Waals surface area contributed by atoms with Crippen LogP contribution in [0.2, 0.25) is 0 Å². The molecule has 0 bridgehead atoms. The number of rotatable bonds is 3. The van der Waals surface area contributed by atoms with Crippen LogP contribution in [0.5, 0.6) is 0 Å². The minimum Gasteiger partial charge on any atom is -0.336 e. The second-order valence-corrected chi connectivity index (χ2v) is 6.12. The van der Waals surface area contributed by atoms with Crippen molar-refractivity contribution >= 4 is 17.2 Å². The highest BCUT2D eigenvalue weighted by Crippen LogP contribution is 2.14. The third-order valence-electron chi connectivity index (χ3n) is 3.64. The van der Waals surface area contributed by atoms with Crippen molar-refractivity contribution in [1.29, 1.82) is 0 Å². The second-order valence-electron chi connectivity index (χ2n) is 5.09. The van der Waals surface area contributed by atoms with Gasteiger partial charge in [0.05, 0.1) is 0 Å². The Balaban J connectivity index is 1.58. The molecule has 3 rings (SSSR count). The molecule has 21 heavy (non-hydrogen) atoms. The molecule has 0 aliphatic carbocycles. The minimum atomic E-state index is -0.239. The third kappa shape index (κ3) is 3.40. The molecule has 6 heteroatoms. The maximum absolute atomic E-state index is 12.3. The Morgan fingerprint density at radius 2 is 2.05 bits per heavy atom. The van der Waals surface area contributed by atoms with Gasteiger partial charge >= 0.3 is 0 Å². The lowest BCUT2D eigenvalue weighted by atomic mass is 10.2. The first-order valence-electron chi connectivity index (χ1n) is 6.95. The van der Waals surface area contributed by atoms with E-state index >= 15 is 0 Å². The molecule has 0 aromatic carbocycles. The Kier molecular flexibility index (Phi) is 4.17. The predicted octanol–water partition coefficient (Wildman–Crippen LogP) is 1.39. The summed E-state index contributed by atoms with van der Waals surface area (Å²) in [6, 6.07) is 7.22. The van der Waals surface area contributed by atoms with Gasteiger partial charge in [0.25, 0.3) is 5.91 Å². The highest BCUT2D eigenvalue weighted by Gasteiger charge is 2.22. The monoisotopic (exact) mass is 303 g/mol. The zero-order valence-electron chi connectivity index (χ0n) is 11.6. The fourth-order valence-electron chi connectivity index (χ4n) is 2.49. The van der Waals surface area contributed by atoms with Crippen molar-refractivity contribution in [2.75, 3.05) is 26.2 Å². The van der Waals surface area contributed by atoms with Crippen LogP contribution in [0.4, 0.5) is 0 Å². The summed E-state index contributed by atoms with van der Waals surface area (Å²) >= 11 is 1.76. The molecule has 1 saturated heterocycles. The van der Waals surface area contributed by atoms with Crippen molar-refractivity contribution in [3.63, 3.8) is 0 Å². The SMILES string of the molecule is O=C(c1cc[nH]c(=O)c1)N1CCN(Cc2cccs2)CC1. The Bertz CT molecular complexity index is 658. The van der Waals surface area contributed by atoms with Gasteiger partial charge in [0.2, 0.25) is 5.56 Å². The molecule has 1 N–H and O–H groups in total. The van der Waals surface area contributed by atoms with Crippen molar-refractivity contribution in [2.24, 2.45) is 0 Å². The smallest absolute Gasteiger partial charge is 0.254 e. The number of hydrogen-bond donors (Lipinski definition) is 1. The predicted molar refractivity (Wildman–Crippen MR) is 82.6 cm³/mol. The maximum Gasteiger partial charge on any atom is 0.254 e. The molecule has 110 valence electrons. The molecule has 1 aliphatic rings. The standard InChI is InChI=1S/C15H17N3O2S/c19-14-10-12(3-4-16-14)15(20)18-7-5-17(6-8-18)11-13-2-1-9-21-13/h1-4,9-10H,5-8,11H2,(H,16,19). The molecular formula is C15H17N3O2S. The van der Waals surface area contributed by atoms with E-state index < -0.39 is 0 Å². The number of aromatic nitrogens is 1. The first-order valence-corrected chi connectivity index (χ1v) is 7.83. The van der Waals surface area contributed by atoms with Gasteiger partial charge in [-0.05, 0) is 17.5 Å². The van der Waals surface area contributed by atoms with E-state index in [-0.39, 0.29) is 11.5 Å². The van der Waals surface area contributed by atoms with Crippen LogP contribution in [-0.4, -0.2) is 46.9 Å². The number of pyridine rings is 1. The quantitative estimate of drug-likeness (QED) is 0.932. The summed E-state index contributed by atoms with van der Waals surface area (Å²) in [5.74, 6) is -0.0585. The van der Waals surface area contributed by atoms with Gasteiger partial charge in [-0.25, -0.2) is 0 Å². The first kappa shape index (κ1) is 14.0. The number of aromatic amines is 1. The molecule has 1 aliphatic heterocycles. The Morgan fingerprint density at radius 3 is 2.71 bits per heavy atom. The lowest BCUT2D eigenvalue weighted by molar-refractivity contribution is 0.0629. The molecule has 0 atom stereocenters. The van der Waals surface area contributed by atoms with Crippen LogP contribution >= 0.6 is 11.3 Å². The molecule has 2 aromatic heterocycles. The van der Waals surface area contributed by atoms with Crippen molar-refractivity contribution in [3.8, 4) is 0 Å². The molecule has 3 heterocycles. The van der Waals surface area contributed by atoms with Crippen molar-refractivity contribution in [2.45, 2.75) is 6.54 Å². The largest absolute Gasteiger partial charge is 0.336 e. The van der Waals surface area contributed by atoms with E-state index in [9.17, 15) is 9.59 Å². The Morgan fingerprint density at radius 1 is 1.24 bits per heavy atom. The summed E-state index contributed by atoms with van der Waals surface area (Å²) in [6.45, 7) is 4.10. The van der Waals surface area contributed by atoms with Gasteiger partial charge in [-0.3, -0.25) is 14.5 Å². The van der Waals surface area contributed by atoms with Gasteiger partial charge in [0.15, 0.2) is 0 Å². The number of H-pyrrole nitrogens is 1. The molecule has 0 unspecified atom stereocenters. The number of nitrogens with one attached hydrogen (secondary N) is 1. The molecule has 5 nitrogen and oxygen atoms in total. The number of thiophene rings is 1. The number of piperazine rings is 1. The van der Waals surface area contributed by atoms with E-state index in [0.717, 1.165) is 19.6 Å². The van der Waals surface area contributed by atoms with Crippen molar-refractivity contribution in [1.82, 2.24) is 14.8 Å². The molecule has 0 radical (unpaired) electrons. The fraction of sp³-hybridized carbons (Fsp3) is 0.333. The highest BCUT2D eigenvalue weighted by molar-refractivity contribution is 7.09. The molecule has 2 aromatic rings. The lowest BCUT2D eigenvalue weighted by Gasteiger charge is -2.34. The summed E-state index contributed by atoms with van der Waals surface area (Å²) in [7, 11) is 0. The zero-order chi connectivity index (χ0) is 14.7. The third-order valence-corrected chi connectivity index (χ3v) is 4.50. The number of hydrogen-bond acceptors (Lipinski definition) is 4. The zero-order valence-corrected chi connectivity index (χ0v) is 12.4. The lowest BCUT2D eigenvalue weighted by Crippen LogP contribution is -2.48. The average Bonchev–Trinajstić information content (AvgIpc) is 3.00. The van der Waals surface area contributed by atoms with Gasteiger partial charge < -0.3 is 9.88 Å². The summed E-state index contributed by atoms with van der Waals surface area (Å²) in [4.78, 5) is 31.7. The van der Waals surface area contributed by atoms with E-state index in [1.54, 1.807) is 17.4 Å². The van der Waals surface area contributed by atoms with Crippen molar-refractivity contribution < 1.29 is 4.79 Å². The summed E-state index contributed by atoms with van der Waals surface area (Å²) in [5.41, 5.74) is 0.225. The van der Waals surface area contributed by atoms with Gasteiger partial charge in [-0.1, -0.05) is 6.07 Å². The van der Waals surface area contributed by atoms with Gasteiger partial charge in [-0.15, -0.1) is 11.3 Å². The average molecular weight is 303 g/mol. The van der Waals surface area contributed by atoms with Crippen molar-refractivity contribution in [3.05, 3.63) is 56.6 Å². The van der Waals surface area contributed by atoms with Gasteiger partial charge in [0, 0.05) is 55.4 Å². The van der Waals surface area contributed by atoms with Gasteiger partial charge in [0.1, 0.15) is 0 Å². The summed E-state index contributed by atoms with van der Waals surface area (Å²) in [6.07, 6.45) is 1.52. The highest BCUT2D eigenvalue weighted by atomic mass is 32.1. The Labute approximate surface area is 126 Å². The minimum absolute atomic E-state index is 0.0585. The van der Waals surface area contributed by atoms with E-state index in [0.29, 0.717) is 18.7 Å². The van der Waals surface area contributed by atoms with Crippen LogP contribution in [0.25, 0.3) is 0 Å². The number of carbonyl (C=O) groups excluding carboxylic acids is 1. The number of nitrogens with zero attached hydrogens (tertiary/aromatic N) is 2.